The summed E-state index contributed by atoms with van der Waals surface area (Å²) in [5.41, 5.74) is 3.12. The Morgan fingerprint density at radius 3 is 2.31 bits per heavy atom. The highest BCUT2D eigenvalue weighted by Gasteiger charge is 2.19. The summed E-state index contributed by atoms with van der Waals surface area (Å²) in [6.45, 7) is 6.47. The maximum Gasteiger partial charge on any atom is 0.255 e. The average Bonchev–Trinajstić information content (AvgIpc) is 2.84. The Balaban J connectivity index is 1.66. The number of halogens is 1. The Morgan fingerprint density at radius 1 is 0.943 bits per heavy atom. The van der Waals surface area contributed by atoms with Crippen molar-refractivity contribution < 1.29 is 9.53 Å². The SMILES string of the molecule is CN(c1cc(C(=O)Nc2ccc(C(C)(C)C)cc2)ccc1Oc1ccccc1)c1ncccc1Cl. The molecule has 0 aliphatic rings. The van der Waals surface area contributed by atoms with E-state index in [1.54, 1.807) is 36.5 Å². The fraction of sp³-hybridized carbons (Fsp3) is 0.172. The number of anilines is 3. The average molecular weight is 486 g/mol. The number of hydrogen-bond acceptors (Lipinski definition) is 4. The zero-order valence-corrected chi connectivity index (χ0v) is 21.0. The Kier molecular flexibility index (Phi) is 7.08. The number of benzene rings is 3. The zero-order chi connectivity index (χ0) is 25.0. The van der Waals surface area contributed by atoms with Gasteiger partial charge >= 0.3 is 0 Å². The molecule has 1 N–H and O–H groups in total. The highest BCUT2D eigenvalue weighted by molar-refractivity contribution is 6.33. The number of nitrogens with one attached hydrogen (secondary N) is 1. The number of nitrogens with zero attached hydrogens (tertiary/aromatic N) is 2. The molecule has 5 nitrogen and oxygen atoms in total. The number of pyridine rings is 1. The molecule has 0 saturated heterocycles. The minimum Gasteiger partial charge on any atom is -0.455 e. The quantitative estimate of drug-likeness (QED) is 0.302. The van der Waals surface area contributed by atoms with Crippen LogP contribution in [0.2, 0.25) is 5.02 Å². The number of rotatable bonds is 6. The first-order chi connectivity index (χ1) is 16.7. The van der Waals surface area contributed by atoms with Gasteiger partial charge in [-0.25, -0.2) is 4.98 Å². The van der Waals surface area contributed by atoms with Gasteiger partial charge < -0.3 is 15.0 Å². The minimum absolute atomic E-state index is 0.0450. The molecule has 4 aromatic rings. The molecule has 6 heteroatoms. The maximum atomic E-state index is 13.1. The first-order valence-corrected chi connectivity index (χ1v) is 11.7. The molecule has 0 atom stereocenters. The van der Waals surface area contributed by atoms with Gasteiger partial charge in [0.25, 0.3) is 5.91 Å². The van der Waals surface area contributed by atoms with Crippen LogP contribution in [0.25, 0.3) is 0 Å². The molecule has 35 heavy (non-hydrogen) atoms. The summed E-state index contributed by atoms with van der Waals surface area (Å²) in [6, 6.07) is 26.3. The summed E-state index contributed by atoms with van der Waals surface area (Å²) < 4.78 is 6.15. The summed E-state index contributed by atoms with van der Waals surface area (Å²) >= 11 is 6.41. The van der Waals surface area contributed by atoms with Crippen LogP contribution in [0.1, 0.15) is 36.7 Å². The van der Waals surface area contributed by atoms with Gasteiger partial charge in [-0.3, -0.25) is 4.79 Å². The van der Waals surface area contributed by atoms with Crippen LogP contribution in [0.15, 0.2) is 91.1 Å². The zero-order valence-electron chi connectivity index (χ0n) is 20.2. The predicted octanol–water partition coefficient (Wildman–Crippen LogP) is 7.85. The molecule has 1 heterocycles. The van der Waals surface area contributed by atoms with Gasteiger partial charge in [-0.2, -0.15) is 0 Å². The number of amides is 1. The van der Waals surface area contributed by atoms with Crippen molar-refractivity contribution in [2.45, 2.75) is 26.2 Å². The molecule has 3 aromatic carbocycles. The molecular formula is C29H28ClN3O2. The lowest BCUT2D eigenvalue weighted by molar-refractivity contribution is 0.102. The van der Waals surface area contributed by atoms with E-state index in [0.717, 1.165) is 5.69 Å². The van der Waals surface area contributed by atoms with E-state index in [2.05, 4.69) is 31.1 Å². The third-order valence-electron chi connectivity index (χ3n) is 5.62. The standard InChI is InChI=1S/C29H28ClN3O2/c1-29(2,3)21-13-15-22(16-14-21)32-28(34)20-12-17-26(35-23-9-6-5-7-10-23)25(19-20)33(4)27-24(30)11-8-18-31-27/h5-19H,1-4H3,(H,32,34). The lowest BCUT2D eigenvalue weighted by Crippen LogP contribution is -2.16. The van der Waals surface area contributed by atoms with E-state index in [1.807, 2.05) is 66.5 Å². The van der Waals surface area contributed by atoms with Crippen LogP contribution in [0.5, 0.6) is 11.5 Å². The van der Waals surface area contributed by atoms with Gasteiger partial charge in [-0.05, 0) is 65.6 Å². The summed E-state index contributed by atoms with van der Waals surface area (Å²) in [7, 11) is 1.84. The largest absolute Gasteiger partial charge is 0.455 e. The normalized spacial score (nSPS) is 11.1. The molecule has 1 amide bonds. The number of carbonyl (C=O) groups is 1. The van der Waals surface area contributed by atoms with Crippen molar-refractivity contribution in [2.75, 3.05) is 17.3 Å². The molecule has 0 aliphatic heterocycles. The van der Waals surface area contributed by atoms with Crippen molar-refractivity contribution in [3.63, 3.8) is 0 Å². The fourth-order valence-electron chi connectivity index (χ4n) is 3.62. The Morgan fingerprint density at radius 2 is 1.66 bits per heavy atom. The highest BCUT2D eigenvalue weighted by Crippen LogP contribution is 2.38. The second-order valence-electron chi connectivity index (χ2n) is 9.25. The highest BCUT2D eigenvalue weighted by atomic mass is 35.5. The molecular weight excluding hydrogens is 458 g/mol. The smallest absolute Gasteiger partial charge is 0.255 e. The lowest BCUT2D eigenvalue weighted by Gasteiger charge is -2.23. The summed E-state index contributed by atoms with van der Waals surface area (Å²) in [5.74, 6) is 1.60. The molecule has 178 valence electrons. The van der Waals surface area contributed by atoms with E-state index in [9.17, 15) is 4.79 Å². The van der Waals surface area contributed by atoms with E-state index in [0.29, 0.717) is 33.6 Å². The van der Waals surface area contributed by atoms with Crippen molar-refractivity contribution in [1.82, 2.24) is 4.98 Å². The number of aromatic nitrogens is 1. The van der Waals surface area contributed by atoms with Gasteiger partial charge in [0.05, 0.1) is 10.7 Å². The third kappa shape index (κ3) is 5.81. The summed E-state index contributed by atoms with van der Waals surface area (Å²) in [5, 5.41) is 3.48. The van der Waals surface area contributed by atoms with Crippen LogP contribution in [0.4, 0.5) is 17.2 Å². The molecule has 0 aliphatic carbocycles. The van der Waals surface area contributed by atoms with Gasteiger partial charge in [-0.15, -0.1) is 0 Å². The van der Waals surface area contributed by atoms with Gasteiger partial charge in [0.2, 0.25) is 0 Å². The van der Waals surface area contributed by atoms with Crippen LogP contribution in [-0.4, -0.2) is 17.9 Å². The first kappa shape index (κ1) is 24.3. The van der Waals surface area contributed by atoms with Crippen LogP contribution in [-0.2, 0) is 5.41 Å². The van der Waals surface area contributed by atoms with Crippen LogP contribution < -0.4 is 15.0 Å². The molecule has 0 radical (unpaired) electrons. The van der Waals surface area contributed by atoms with E-state index in [-0.39, 0.29) is 11.3 Å². The molecule has 0 fully saturated rings. The van der Waals surface area contributed by atoms with Crippen molar-refractivity contribution in [3.8, 4) is 11.5 Å². The van der Waals surface area contributed by atoms with Crippen molar-refractivity contribution >= 4 is 34.7 Å². The molecule has 0 saturated carbocycles. The van der Waals surface area contributed by atoms with Crippen molar-refractivity contribution in [2.24, 2.45) is 0 Å². The van der Waals surface area contributed by atoms with E-state index >= 15 is 0 Å². The third-order valence-corrected chi connectivity index (χ3v) is 5.91. The molecule has 1 aromatic heterocycles. The first-order valence-electron chi connectivity index (χ1n) is 11.4. The second-order valence-corrected chi connectivity index (χ2v) is 9.65. The predicted molar refractivity (Wildman–Crippen MR) is 143 cm³/mol. The van der Waals surface area contributed by atoms with Gasteiger partial charge in [0, 0.05) is 24.5 Å². The van der Waals surface area contributed by atoms with Gasteiger partial charge in [-0.1, -0.05) is 62.7 Å². The Hall–Kier alpha value is -3.83. The number of para-hydroxylation sites is 1. The number of hydrogen-bond donors (Lipinski definition) is 1. The monoisotopic (exact) mass is 485 g/mol. The topological polar surface area (TPSA) is 54.5 Å². The molecule has 0 unspecified atom stereocenters. The van der Waals surface area contributed by atoms with E-state index in [4.69, 9.17) is 16.3 Å². The minimum atomic E-state index is -0.221. The maximum absolute atomic E-state index is 13.1. The summed E-state index contributed by atoms with van der Waals surface area (Å²) in [6.07, 6.45) is 1.67. The Labute approximate surface area is 211 Å². The fourth-order valence-corrected chi connectivity index (χ4v) is 3.87. The summed E-state index contributed by atoms with van der Waals surface area (Å²) in [4.78, 5) is 19.4. The van der Waals surface area contributed by atoms with Crippen molar-refractivity contribution in [1.29, 1.82) is 0 Å². The Bertz CT molecular complexity index is 1320. The molecule has 4 rings (SSSR count). The van der Waals surface area contributed by atoms with E-state index in [1.165, 1.54) is 5.56 Å². The van der Waals surface area contributed by atoms with Crippen LogP contribution in [0, 0.1) is 0 Å². The second kappa shape index (κ2) is 10.2. The van der Waals surface area contributed by atoms with Crippen LogP contribution >= 0.6 is 11.6 Å². The number of carbonyl (C=O) groups excluding carboxylic acids is 1. The molecule has 0 spiro atoms. The van der Waals surface area contributed by atoms with E-state index < -0.39 is 0 Å². The molecule has 0 bridgehead atoms. The van der Waals surface area contributed by atoms with Crippen LogP contribution in [0.3, 0.4) is 0 Å². The lowest BCUT2D eigenvalue weighted by atomic mass is 9.87. The van der Waals surface area contributed by atoms with Gasteiger partial charge in [0.1, 0.15) is 5.75 Å². The number of ether oxygens (including phenoxy) is 1. The van der Waals surface area contributed by atoms with Gasteiger partial charge in [0.15, 0.2) is 11.6 Å². The van der Waals surface area contributed by atoms with Crippen molar-refractivity contribution in [3.05, 3.63) is 107 Å².